The minimum atomic E-state index is -0.319. The van der Waals surface area contributed by atoms with Gasteiger partial charge in [0.25, 0.3) is 0 Å². The minimum absolute atomic E-state index is 0.0780. The summed E-state index contributed by atoms with van der Waals surface area (Å²) in [5.74, 6) is -0.541. The summed E-state index contributed by atoms with van der Waals surface area (Å²) in [6.07, 6.45) is 0. The highest BCUT2D eigenvalue weighted by molar-refractivity contribution is 5.81. The summed E-state index contributed by atoms with van der Waals surface area (Å²) in [4.78, 5) is 25.3. The first-order valence-corrected chi connectivity index (χ1v) is 6.30. The van der Waals surface area contributed by atoms with Crippen LogP contribution in [0.15, 0.2) is 0 Å². The van der Waals surface area contributed by atoms with Crippen molar-refractivity contribution in [2.75, 3.05) is 40.0 Å². The molecule has 2 unspecified atom stereocenters. The number of carbonyl (C=O) groups is 2. The lowest BCUT2D eigenvalue weighted by molar-refractivity contribution is -0.150. The number of morpholine rings is 1. The van der Waals surface area contributed by atoms with E-state index in [2.05, 4.69) is 5.32 Å². The molecule has 0 aromatic heterocycles. The molecule has 1 amide bonds. The van der Waals surface area contributed by atoms with Gasteiger partial charge in [0, 0.05) is 20.1 Å². The van der Waals surface area contributed by atoms with E-state index in [-0.39, 0.29) is 23.8 Å². The van der Waals surface area contributed by atoms with Gasteiger partial charge in [-0.3, -0.25) is 14.5 Å². The predicted octanol–water partition coefficient (Wildman–Crippen LogP) is -0.368. The highest BCUT2D eigenvalue weighted by atomic mass is 16.5. The van der Waals surface area contributed by atoms with Gasteiger partial charge in [-0.25, -0.2) is 0 Å². The molecule has 0 aromatic carbocycles. The number of hydrogen-bond acceptors (Lipinski definition) is 5. The average molecular weight is 258 g/mol. The zero-order valence-corrected chi connectivity index (χ0v) is 11.3. The lowest BCUT2D eigenvalue weighted by atomic mass is 10.1. The van der Waals surface area contributed by atoms with Crippen LogP contribution in [0.25, 0.3) is 0 Å². The Morgan fingerprint density at radius 2 is 2.28 bits per heavy atom. The summed E-state index contributed by atoms with van der Waals surface area (Å²) in [5, 5.41) is 2.62. The maximum absolute atomic E-state index is 11.7. The van der Waals surface area contributed by atoms with Gasteiger partial charge in [-0.1, -0.05) is 6.92 Å². The number of likely N-dealkylation sites (N-methyl/N-ethyl adjacent to an activating group) is 1. The third-order valence-electron chi connectivity index (χ3n) is 2.99. The monoisotopic (exact) mass is 258 g/mol. The molecule has 1 saturated heterocycles. The molecule has 1 fully saturated rings. The average Bonchev–Trinajstić information content (AvgIpc) is 2.38. The van der Waals surface area contributed by atoms with Gasteiger partial charge >= 0.3 is 5.97 Å². The number of ether oxygens (including phenoxy) is 2. The van der Waals surface area contributed by atoms with Gasteiger partial charge in [-0.05, 0) is 6.92 Å². The van der Waals surface area contributed by atoms with E-state index < -0.39 is 0 Å². The van der Waals surface area contributed by atoms with Crippen molar-refractivity contribution in [3.05, 3.63) is 0 Å². The Morgan fingerprint density at radius 1 is 1.56 bits per heavy atom. The second-order valence-corrected chi connectivity index (χ2v) is 4.35. The highest BCUT2D eigenvalue weighted by Gasteiger charge is 2.31. The summed E-state index contributed by atoms with van der Waals surface area (Å²) in [7, 11) is 1.60. The molecule has 0 saturated carbocycles. The largest absolute Gasteiger partial charge is 0.466 e. The molecule has 0 aliphatic carbocycles. The van der Waals surface area contributed by atoms with Crippen molar-refractivity contribution < 1.29 is 19.1 Å². The molecule has 6 nitrogen and oxygen atoms in total. The molecule has 1 aliphatic rings. The standard InChI is InChI=1S/C12H22N2O4/c1-4-18-12(16)9(2)7-14-5-6-17-8-10(14)11(15)13-3/h9-10H,4-8H2,1-3H3,(H,13,15). The molecular formula is C12H22N2O4. The van der Waals surface area contributed by atoms with E-state index in [0.717, 1.165) is 0 Å². The van der Waals surface area contributed by atoms with Crippen molar-refractivity contribution in [2.24, 2.45) is 5.92 Å². The van der Waals surface area contributed by atoms with Gasteiger partial charge in [0.1, 0.15) is 6.04 Å². The molecule has 1 heterocycles. The van der Waals surface area contributed by atoms with Crippen LogP contribution in [0.4, 0.5) is 0 Å². The maximum atomic E-state index is 11.7. The number of rotatable bonds is 5. The molecule has 6 heteroatoms. The first kappa shape index (κ1) is 14.9. The number of esters is 1. The summed E-state index contributed by atoms with van der Waals surface area (Å²) in [5.41, 5.74) is 0. The molecule has 2 atom stereocenters. The Kier molecular flexibility index (Phi) is 6.07. The van der Waals surface area contributed by atoms with Gasteiger partial charge in [-0.2, -0.15) is 0 Å². The Labute approximate surface area is 108 Å². The lowest BCUT2D eigenvalue weighted by Gasteiger charge is -2.35. The Balaban J connectivity index is 2.56. The molecule has 1 aliphatic heterocycles. The van der Waals surface area contributed by atoms with Gasteiger partial charge in [-0.15, -0.1) is 0 Å². The second-order valence-electron chi connectivity index (χ2n) is 4.35. The first-order valence-electron chi connectivity index (χ1n) is 6.30. The van der Waals surface area contributed by atoms with E-state index in [1.807, 2.05) is 11.8 Å². The molecule has 0 spiro atoms. The van der Waals surface area contributed by atoms with Crippen molar-refractivity contribution >= 4 is 11.9 Å². The quantitative estimate of drug-likeness (QED) is 0.682. The predicted molar refractivity (Wildman–Crippen MR) is 66.0 cm³/mol. The zero-order valence-electron chi connectivity index (χ0n) is 11.3. The zero-order chi connectivity index (χ0) is 13.5. The summed E-state index contributed by atoms with van der Waals surface area (Å²) >= 11 is 0. The van der Waals surface area contributed by atoms with E-state index in [1.165, 1.54) is 0 Å². The molecule has 0 radical (unpaired) electrons. The van der Waals surface area contributed by atoms with Crippen LogP contribution in [-0.2, 0) is 19.1 Å². The van der Waals surface area contributed by atoms with Crippen LogP contribution in [0.2, 0.25) is 0 Å². The SMILES string of the molecule is CCOC(=O)C(C)CN1CCOCC1C(=O)NC. The van der Waals surface area contributed by atoms with E-state index >= 15 is 0 Å². The van der Waals surface area contributed by atoms with Crippen LogP contribution in [0.3, 0.4) is 0 Å². The van der Waals surface area contributed by atoms with Crippen LogP contribution in [0.5, 0.6) is 0 Å². The summed E-state index contributed by atoms with van der Waals surface area (Å²) < 4.78 is 10.3. The summed E-state index contributed by atoms with van der Waals surface area (Å²) in [6.45, 7) is 6.10. The molecule has 0 aromatic rings. The molecule has 18 heavy (non-hydrogen) atoms. The van der Waals surface area contributed by atoms with Crippen molar-refractivity contribution in [2.45, 2.75) is 19.9 Å². The number of carbonyl (C=O) groups excluding carboxylic acids is 2. The van der Waals surface area contributed by atoms with E-state index in [1.54, 1.807) is 14.0 Å². The summed E-state index contributed by atoms with van der Waals surface area (Å²) in [6, 6.07) is -0.319. The fraction of sp³-hybridized carbons (Fsp3) is 0.833. The molecule has 1 N–H and O–H groups in total. The first-order chi connectivity index (χ1) is 8.60. The Morgan fingerprint density at radius 3 is 2.89 bits per heavy atom. The topological polar surface area (TPSA) is 67.9 Å². The molecular weight excluding hydrogens is 236 g/mol. The smallest absolute Gasteiger partial charge is 0.309 e. The van der Waals surface area contributed by atoms with Crippen molar-refractivity contribution in [1.82, 2.24) is 10.2 Å². The number of hydrogen-bond donors (Lipinski definition) is 1. The van der Waals surface area contributed by atoms with E-state index in [4.69, 9.17) is 9.47 Å². The van der Waals surface area contributed by atoms with Crippen molar-refractivity contribution in [3.8, 4) is 0 Å². The molecule has 0 bridgehead atoms. The van der Waals surface area contributed by atoms with Crippen LogP contribution < -0.4 is 5.32 Å². The highest BCUT2D eigenvalue weighted by Crippen LogP contribution is 2.11. The van der Waals surface area contributed by atoms with Crippen LogP contribution in [0.1, 0.15) is 13.8 Å². The number of amides is 1. The van der Waals surface area contributed by atoms with Gasteiger partial charge in [0.05, 0.1) is 25.7 Å². The Hall–Kier alpha value is -1.14. The third kappa shape index (κ3) is 3.96. The fourth-order valence-electron chi connectivity index (χ4n) is 1.98. The second kappa shape index (κ2) is 7.33. The van der Waals surface area contributed by atoms with Crippen LogP contribution in [0, 0.1) is 5.92 Å². The van der Waals surface area contributed by atoms with E-state index in [9.17, 15) is 9.59 Å². The van der Waals surface area contributed by atoms with Crippen molar-refractivity contribution in [1.29, 1.82) is 0 Å². The molecule has 1 rings (SSSR count). The third-order valence-corrected chi connectivity index (χ3v) is 2.99. The van der Waals surface area contributed by atoms with Gasteiger partial charge in [0.2, 0.25) is 5.91 Å². The fourth-order valence-corrected chi connectivity index (χ4v) is 1.98. The van der Waals surface area contributed by atoms with Gasteiger partial charge in [0.15, 0.2) is 0 Å². The van der Waals surface area contributed by atoms with E-state index in [0.29, 0.717) is 32.9 Å². The Bertz CT molecular complexity index is 296. The van der Waals surface area contributed by atoms with Crippen LogP contribution in [-0.4, -0.2) is 62.8 Å². The minimum Gasteiger partial charge on any atom is -0.466 e. The number of nitrogens with one attached hydrogen (secondary N) is 1. The lowest BCUT2D eigenvalue weighted by Crippen LogP contribution is -2.54. The van der Waals surface area contributed by atoms with Crippen LogP contribution >= 0.6 is 0 Å². The normalized spacial score (nSPS) is 22.3. The van der Waals surface area contributed by atoms with Gasteiger partial charge < -0.3 is 14.8 Å². The number of nitrogens with zero attached hydrogens (tertiary/aromatic N) is 1. The molecule has 104 valence electrons. The van der Waals surface area contributed by atoms with Crippen molar-refractivity contribution in [3.63, 3.8) is 0 Å². The maximum Gasteiger partial charge on any atom is 0.309 e.